The van der Waals surface area contributed by atoms with Gasteiger partial charge in [-0.05, 0) is 13.3 Å². The molecule has 0 aliphatic carbocycles. The van der Waals surface area contributed by atoms with Crippen molar-refractivity contribution in [2.24, 2.45) is 5.92 Å². The molecule has 17 heavy (non-hydrogen) atoms. The highest BCUT2D eigenvalue weighted by molar-refractivity contribution is 5.70. The number of nitrogens with zero attached hydrogens (tertiary/aromatic N) is 3. The highest BCUT2D eigenvalue weighted by atomic mass is 16.5. The normalized spacial score (nSPS) is 19.0. The number of carboxylic acid groups (broad SMARTS) is 1. The molecule has 0 aromatic carbocycles. The molecule has 0 amide bonds. The number of carboxylic acids is 1. The fraction of sp³-hybridized carbons (Fsp3) is 0.727. The molecule has 0 radical (unpaired) electrons. The van der Waals surface area contributed by atoms with E-state index in [1.807, 2.05) is 11.5 Å². The van der Waals surface area contributed by atoms with Crippen LogP contribution in [0.1, 0.15) is 25.0 Å². The Morgan fingerprint density at radius 2 is 2.41 bits per heavy atom. The van der Waals surface area contributed by atoms with E-state index in [9.17, 15) is 4.79 Å². The van der Waals surface area contributed by atoms with Crippen molar-refractivity contribution in [1.82, 2.24) is 14.8 Å². The Morgan fingerprint density at radius 3 is 3.12 bits per heavy atom. The van der Waals surface area contributed by atoms with Gasteiger partial charge in [0, 0.05) is 26.0 Å². The van der Waals surface area contributed by atoms with E-state index >= 15 is 0 Å². The van der Waals surface area contributed by atoms with Gasteiger partial charge in [-0.1, -0.05) is 0 Å². The van der Waals surface area contributed by atoms with Crippen LogP contribution < -0.4 is 0 Å². The number of aliphatic carboxylic acids is 1. The maximum atomic E-state index is 11.0. The van der Waals surface area contributed by atoms with Gasteiger partial charge < -0.3 is 14.4 Å². The maximum absolute atomic E-state index is 11.0. The smallest absolute Gasteiger partial charge is 0.308 e. The molecule has 0 spiro atoms. The third-order valence-corrected chi connectivity index (χ3v) is 3.05. The number of ether oxygens (including phenoxy) is 1. The maximum Gasteiger partial charge on any atom is 0.308 e. The lowest BCUT2D eigenvalue weighted by atomic mass is 9.99. The summed E-state index contributed by atoms with van der Waals surface area (Å²) in [6.45, 7) is 3.71. The van der Waals surface area contributed by atoms with Crippen LogP contribution >= 0.6 is 0 Å². The molecule has 6 heteroatoms. The molecule has 0 saturated carbocycles. The number of aromatic nitrogens is 3. The van der Waals surface area contributed by atoms with Crippen molar-refractivity contribution < 1.29 is 14.6 Å². The van der Waals surface area contributed by atoms with Crippen molar-refractivity contribution in [3.63, 3.8) is 0 Å². The van der Waals surface area contributed by atoms with Gasteiger partial charge in [-0.15, -0.1) is 10.2 Å². The summed E-state index contributed by atoms with van der Waals surface area (Å²) in [6, 6.07) is 0. The number of rotatable bonds is 5. The Morgan fingerprint density at radius 1 is 1.59 bits per heavy atom. The van der Waals surface area contributed by atoms with Gasteiger partial charge in [0.1, 0.15) is 11.6 Å². The first-order valence-corrected chi connectivity index (χ1v) is 5.94. The molecule has 2 heterocycles. The molecule has 1 atom stereocenters. The second kappa shape index (κ2) is 5.27. The first-order chi connectivity index (χ1) is 8.22. The predicted molar refractivity (Wildman–Crippen MR) is 59.7 cm³/mol. The summed E-state index contributed by atoms with van der Waals surface area (Å²) in [5, 5.41) is 17.2. The minimum absolute atomic E-state index is 0.315. The lowest BCUT2D eigenvalue weighted by Crippen LogP contribution is -2.27. The van der Waals surface area contributed by atoms with Gasteiger partial charge in [-0.25, -0.2) is 0 Å². The molecular weight excluding hydrogens is 222 g/mol. The molecule has 1 unspecified atom stereocenters. The molecule has 0 bridgehead atoms. The van der Waals surface area contributed by atoms with E-state index in [-0.39, 0.29) is 5.92 Å². The molecule has 1 N–H and O–H groups in total. The summed E-state index contributed by atoms with van der Waals surface area (Å²) in [5.74, 6) is 0.679. The molecule has 2 rings (SSSR count). The van der Waals surface area contributed by atoms with E-state index in [1.165, 1.54) is 0 Å². The fourth-order valence-electron chi connectivity index (χ4n) is 2.08. The van der Waals surface area contributed by atoms with Gasteiger partial charge in [0.25, 0.3) is 0 Å². The van der Waals surface area contributed by atoms with Gasteiger partial charge in [-0.3, -0.25) is 4.79 Å². The van der Waals surface area contributed by atoms with Crippen LogP contribution in [0.25, 0.3) is 0 Å². The summed E-state index contributed by atoms with van der Waals surface area (Å²) in [5.41, 5.74) is 0. The zero-order chi connectivity index (χ0) is 12.3. The van der Waals surface area contributed by atoms with Crippen molar-refractivity contribution in [3.8, 4) is 0 Å². The number of fused-ring (bicyclic) bond motifs is 1. The summed E-state index contributed by atoms with van der Waals surface area (Å²) in [7, 11) is 0. The highest BCUT2D eigenvalue weighted by Crippen LogP contribution is 2.20. The SMILES string of the molecule is CCOCCc1nnc2n1CC(C(=O)O)CC2. The Kier molecular flexibility index (Phi) is 3.73. The molecule has 1 aromatic rings. The summed E-state index contributed by atoms with van der Waals surface area (Å²) in [4.78, 5) is 11.0. The molecule has 1 aromatic heterocycles. The van der Waals surface area contributed by atoms with Crippen molar-refractivity contribution in [2.75, 3.05) is 13.2 Å². The number of carbonyl (C=O) groups is 1. The van der Waals surface area contributed by atoms with E-state index in [0.717, 1.165) is 11.6 Å². The fourth-order valence-corrected chi connectivity index (χ4v) is 2.08. The Labute approximate surface area is 99.6 Å². The average Bonchev–Trinajstić information content (AvgIpc) is 2.72. The number of hydrogen-bond acceptors (Lipinski definition) is 4. The lowest BCUT2D eigenvalue weighted by molar-refractivity contribution is -0.142. The molecule has 1 aliphatic heterocycles. The lowest BCUT2D eigenvalue weighted by Gasteiger charge is -2.20. The van der Waals surface area contributed by atoms with Crippen molar-refractivity contribution in [3.05, 3.63) is 11.6 Å². The van der Waals surface area contributed by atoms with Crippen LogP contribution in [0, 0.1) is 5.92 Å². The van der Waals surface area contributed by atoms with Crippen LogP contribution in [0.4, 0.5) is 0 Å². The average molecular weight is 239 g/mol. The number of hydrogen-bond donors (Lipinski definition) is 1. The van der Waals surface area contributed by atoms with Crippen LogP contribution in [0.15, 0.2) is 0 Å². The first kappa shape index (κ1) is 12.0. The Balaban J connectivity index is 2.06. The monoisotopic (exact) mass is 239 g/mol. The van der Waals surface area contributed by atoms with Gasteiger partial charge in [0.05, 0.1) is 12.5 Å². The van der Waals surface area contributed by atoms with E-state index in [2.05, 4.69) is 10.2 Å². The third-order valence-electron chi connectivity index (χ3n) is 3.05. The first-order valence-electron chi connectivity index (χ1n) is 5.94. The van der Waals surface area contributed by atoms with E-state index < -0.39 is 5.97 Å². The Bertz CT molecular complexity index is 403. The van der Waals surface area contributed by atoms with E-state index in [0.29, 0.717) is 39.0 Å². The molecule has 94 valence electrons. The molecule has 1 aliphatic rings. The van der Waals surface area contributed by atoms with E-state index in [4.69, 9.17) is 9.84 Å². The van der Waals surface area contributed by atoms with Crippen LogP contribution in [0.5, 0.6) is 0 Å². The zero-order valence-corrected chi connectivity index (χ0v) is 9.93. The second-order valence-electron chi connectivity index (χ2n) is 4.16. The summed E-state index contributed by atoms with van der Waals surface area (Å²) in [6.07, 6.45) is 2.03. The van der Waals surface area contributed by atoms with Crippen LogP contribution in [0.3, 0.4) is 0 Å². The molecule has 0 fully saturated rings. The van der Waals surface area contributed by atoms with Gasteiger partial charge in [-0.2, -0.15) is 0 Å². The number of aryl methyl sites for hydroxylation is 1. The standard InChI is InChI=1S/C11H17N3O3/c1-2-17-6-5-10-13-12-9-4-3-8(11(15)16)7-14(9)10/h8H,2-7H2,1H3,(H,15,16). The van der Waals surface area contributed by atoms with Gasteiger partial charge >= 0.3 is 5.97 Å². The topological polar surface area (TPSA) is 77.2 Å². The quantitative estimate of drug-likeness (QED) is 0.757. The largest absolute Gasteiger partial charge is 0.481 e. The third kappa shape index (κ3) is 2.63. The second-order valence-corrected chi connectivity index (χ2v) is 4.16. The van der Waals surface area contributed by atoms with Crippen LogP contribution in [-0.4, -0.2) is 39.1 Å². The van der Waals surface area contributed by atoms with Gasteiger partial charge in [0.2, 0.25) is 0 Å². The van der Waals surface area contributed by atoms with Crippen molar-refractivity contribution >= 4 is 5.97 Å². The van der Waals surface area contributed by atoms with E-state index in [1.54, 1.807) is 0 Å². The Hall–Kier alpha value is -1.43. The van der Waals surface area contributed by atoms with Crippen LogP contribution in [-0.2, 0) is 28.9 Å². The molecule has 0 saturated heterocycles. The predicted octanol–water partition coefficient (Wildman–Crippen LogP) is 0.504. The summed E-state index contributed by atoms with van der Waals surface area (Å²) >= 11 is 0. The van der Waals surface area contributed by atoms with Gasteiger partial charge in [0.15, 0.2) is 0 Å². The van der Waals surface area contributed by atoms with Crippen LogP contribution in [0.2, 0.25) is 0 Å². The minimum atomic E-state index is -0.736. The zero-order valence-electron chi connectivity index (χ0n) is 9.93. The van der Waals surface area contributed by atoms with Crippen molar-refractivity contribution in [1.29, 1.82) is 0 Å². The highest BCUT2D eigenvalue weighted by Gasteiger charge is 2.27. The molecule has 6 nitrogen and oxygen atoms in total. The summed E-state index contributed by atoms with van der Waals surface area (Å²) < 4.78 is 7.21. The van der Waals surface area contributed by atoms with Crippen molar-refractivity contribution in [2.45, 2.75) is 32.7 Å². The molecular formula is C11H17N3O3. The minimum Gasteiger partial charge on any atom is -0.481 e.